The topological polar surface area (TPSA) is 75.7 Å². The molecule has 1 aromatic heterocycles. The van der Waals surface area contributed by atoms with Gasteiger partial charge in [-0.3, -0.25) is 4.79 Å². The molecule has 0 saturated carbocycles. The number of hydrogen-bond donors (Lipinski definition) is 1. The maximum Gasteiger partial charge on any atom is 0.253 e. The van der Waals surface area contributed by atoms with Crippen LogP contribution in [0.1, 0.15) is 17.7 Å². The van der Waals surface area contributed by atoms with E-state index in [4.69, 9.17) is 4.74 Å². The average molecular weight is 380 g/mol. The van der Waals surface area contributed by atoms with Gasteiger partial charge in [-0.1, -0.05) is 12.1 Å². The van der Waals surface area contributed by atoms with Gasteiger partial charge in [0.25, 0.3) is 10.0 Å². The lowest BCUT2D eigenvalue weighted by molar-refractivity contribution is -0.119. The highest BCUT2D eigenvalue weighted by molar-refractivity contribution is 7.91. The summed E-state index contributed by atoms with van der Waals surface area (Å²) in [7, 11) is -2.14. The molecule has 134 valence electrons. The molecule has 0 radical (unpaired) electrons. The fourth-order valence-electron chi connectivity index (χ4n) is 2.92. The van der Waals surface area contributed by atoms with Crippen LogP contribution in [0.25, 0.3) is 0 Å². The Morgan fingerprint density at radius 3 is 2.72 bits per heavy atom. The van der Waals surface area contributed by atoms with E-state index in [9.17, 15) is 13.2 Å². The minimum atomic E-state index is -3.66. The Kier molecular flexibility index (Phi) is 5.12. The molecule has 2 aromatic rings. The second-order valence-corrected chi connectivity index (χ2v) is 9.23. The number of para-hydroxylation sites is 2. The highest BCUT2D eigenvalue weighted by Crippen LogP contribution is 2.31. The Bertz CT molecular complexity index is 876. The Morgan fingerprint density at radius 2 is 2.04 bits per heavy atom. The van der Waals surface area contributed by atoms with Crippen molar-refractivity contribution in [1.82, 2.24) is 4.31 Å². The molecule has 2 heterocycles. The number of methoxy groups -OCH3 is 1. The Morgan fingerprint density at radius 1 is 1.28 bits per heavy atom. The van der Waals surface area contributed by atoms with Crippen LogP contribution < -0.4 is 10.1 Å². The lowest BCUT2D eigenvalue weighted by Crippen LogP contribution is -2.42. The van der Waals surface area contributed by atoms with E-state index in [2.05, 4.69) is 5.32 Å². The largest absolute Gasteiger partial charge is 0.495 e. The van der Waals surface area contributed by atoms with Gasteiger partial charge in [0.05, 0.1) is 12.8 Å². The number of anilines is 1. The maximum absolute atomic E-state index is 12.9. The summed E-state index contributed by atoms with van der Waals surface area (Å²) < 4.78 is 32.6. The highest BCUT2D eigenvalue weighted by atomic mass is 32.2. The number of amides is 1. The number of ether oxygens (including phenoxy) is 1. The van der Waals surface area contributed by atoms with Crippen molar-refractivity contribution < 1.29 is 17.9 Å². The summed E-state index contributed by atoms with van der Waals surface area (Å²) in [6.07, 6.45) is 1.16. The summed E-state index contributed by atoms with van der Waals surface area (Å²) >= 11 is 1.22. The van der Waals surface area contributed by atoms with Crippen LogP contribution in [0.5, 0.6) is 5.75 Å². The van der Waals surface area contributed by atoms with Gasteiger partial charge in [-0.25, -0.2) is 8.42 Å². The molecular formula is C17H20N2O4S2. The lowest BCUT2D eigenvalue weighted by Gasteiger charge is -2.23. The average Bonchev–Trinajstić information content (AvgIpc) is 3.24. The van der Waals surface area contributed by atoms with Crippen molar-refractivity contribution in [2.75, 3.05) is 19.0 Å². The third-order valence-corrected chi connectivity index (χ3v) is 7.53. The predicted octanol–water partition coefficient (Wildman–Crippen LogP) is 2.86. The summed E-state index contributed by atoms with van der Waals surface area (Å²) in [6, 6.07) is 9.73. The van der Waals surface area contributed by atoms with Gasteiger partial charge in [0.15, 0.2) is 0 Å². The van der Waals surface area contributed by atoms with Gasteiger partial charge in [0.1, 0.15) is 16.0 Å². The first-order valence-electron chi connectivity index (χ1n) is 7.95. The van der Waals surface area contributed by atoms with Gasteiger partial charge in [-0.15, -0.1) is 11.3 Å². The van der Waals surface area contributed by atoms with Crippen LogP contribution in [0.15, 0.2) is 40.6 Å². The quantitative estimate of drug-likeness (QED) is 0.865. The molecule has 1 aliphatic heterocycles. The molecule has 0 aliphatic carbocycles. The zero-order valence-electron chi connectivity index (χ0n) is 14.1. The van der Waals surface area contributed by atoms with Gasteiger partial charge in [0.2, 0.25) is 5.91 Å². The van der Waals surface area contributed by atoms with E-state index < -0.39 is 16.1 Å². The summed E-state index contributed by atoms with van der Waals surface area (Å²) in [5, 5.41) is 2.80. The van der Waals surface area contributed by atoms with Crippen molar-refractivity contribution in [2.24, 2.45) is 0 Å². The first-order chi connectivity index (χ1) is 11.9. The Labute approximate surface area is 151 Å². The van der Waals surface area contributed by atoms with Crippen molar-refractivity contribution in [3.05, 3.63) is 41.3 Å². The van der Waals surface area contributed by atoms with Crippen molar-refractivity contribution >= 4 is 33.0 Å². The van der Waals surface area contributed by atoms with E-state index in [1.165, 1.54) is 22.8 Å². The molecule has 0 bridgehead atoms. The summed E-state index contributed by atoms with van der Waals surface area (Å²) in [5.74, 6) is 0.205. The van der Waals surface area contributed by atoms with Crippen LogP contribution in [0.4, 0.5) is 5.69 Å². The van der Waals surface area contributed by atoms with Crippen LogP contribution in [0, 0.1) is 6.92 Å². The molecule has 25 heavy (non-hydrogen) atoms. The first kappa shape index (κ1) is 17.9. The van der Waals surface area contributed by atoms with Crippen LogP contribution in [-0.2, 0) is 14.8 Å². The second kappa shape index (κ2) is 7.15. The number of sulfonamides is 1. The molecule has 1 aliphatic rings. The zero-order valence-corrected chi connectivity index (χ0v) is 15.7. The van der Waals surface area contributed by atoms with E-state index in [0.717, 1.165) is 4.88 Å². The number of nitrogens with one attached hydrogen (secondary N) is 1. The smallest absolute Gasteiger partial charge is 0.253 e. The third kappa shape index (κ3) is 3.56. The summed E-state index contributed by atoms with van der Waals surface area (Å²) in [6.45, 7) is 2.21. The van der Waals surface area contributed by atoms with E-state index in [1.54, 1.807) is 36.4 Å². The van der Waals surface area contributed by atoms with Crippen molar-refractivity contribution in [3.8, 4) is 5.75 Å². The van der Waals surface area contributed by atoms with Crippen LogP contribution in [-0.4, -0.2) is 38.3 Å². The molecular weight excluding hydrogens is 360 g/mol. The normalized spacial score (nSPS) is 18.2. The minimum absolute atomic E-state index is 0.280. The van der Waals surface area contributed by atoms with Gasteiger partial charge in [-0.05, 0) is 44.0 Å². The maximum atomic E-state index is 12.9. The Balaban J connectivity index is 1.83. The van der Waals surface area contributed by atoms with Crippen molar-refractivity contribution in [3.63, 3.8) is 0 Å². The molecule has 1 atom stereocenters. The molecule has 1 N–H and O–H groups in total. The molecule has 1 unspecified atom stereocenters. The molecule has 6 nitrogen and oxygen atoms in total. The van der Waals surface area contributed by atoms with E-state index >= 15 is 0 Å². The van der Waals surface area contributed by atoms with Gasteiger partial charge in [-0.2, -0.15) is 4.31 Å². The lowest BCUT2D eigenvalue weighted by atomic mass is 10.2. The fourth-order valence-corrected chi connectivity index (χ4v) is 5.99. The van der Waals surface area contributed by atoms with Gasteiger partial charge >= 0.3 is 0 Å². The first-order valence-corrected chi connectivity index (χ1v) is 10.2. The molecule has 0 spiro atoms. The van der Waals surface area contributed by atoms with Crippen molar-refractivity contribution in [2.45, 2.75) is 30.0 Å². The van der Waals surface area contributed by atoms with E-state index in [-0.39, 0.29) is 10.1 Å². The zero-order chi connectivity index (χ0) is 18.0. The number of thiophene rings is 1. The monoisotopic (exact) mass is 380 g/mol. The Hall–Kier alpha value is -1.90. The van der Waals surface area contributed by atoms with Gasteiger partial charge < -0.3 is 10.1 Å². The third-order valence-electron chi connectivity index (χ3n) is 4.15. The molecule has 1 amide bonds. The van der Waals surface area contributed by atoms with Crippen molar-refractivity contribution in [1.29, 1.82) is 0 Å². The molecule has 1 fully saturated rings. The highest BCUT2D eigenvalue weighted by Gasteiger charge is 2.40. The van der Waals surface area contributed by atoms with E-state index in [1.807, 2.05) is 6.92 Å². The number of hydrogen-bond acceptors (Lipinski definition) is 5. The predicted molar refractivity (Wildman–Crippen MR) is 97.6 cm³/mol. The number of rotatable bonds is 5. The molecule has 3 rings (SSSR count). The SMILES string of the molecule is COc1ccccc1NC(=O)C1CCCN1S(=O)(=O)c1ccc(C)s1. The van der Waals surface area contributed by atoms with Crippen LogP contribution >= 0.6 is 11.3 Å². The second-order valence-electron chi connectivity index (χ2n) is 5.83. The molecule has 1 saturated heterocycles. The summed E-state index contributed by atoms with van der Waals surface area (Å²) in [5.41, 5.74) is 0.534. The number of carbonyl (C=O) groups excluding carboxylic acids is 1. The van der Waals surface area contributed by atoms with Crippen LogP contribution in [0.3, 0.4) is 0 Å². The molecule has 1 aromatic carbocycles. The number of aryl methyl sites for hydroxylation is 1. The summed E-state index contributed by atoms with van der Waals surface area (Å²) in [4.78, 5) is 13.6. The van der Waals surface area contributed by atoms with Crippen LogP contribution in [0.2, 0.25) is 0 Å². The van der Waals surface area contributed by atoms with Gasteiger partial charge in [0, 0.05) is 11.4 Å². The number of benzene rings is 1. The standard InChI is InChI=1S/C17H20N2O4S2/c1-12-9-10-16(24-12)25(21,22)19-11-5-7-14(19)17(20)18-13-6-3-4-8-15(13)23-2/h3-4,6,8-10,14H,5,7,11H2,1-2H3,(H,18,20). The molecule has 8 heteroatoms. The minimum Gasteiger partial charge on any atom is -0.495 e. The number of carbonyl (C=O) groups is 1. The number of nitrogens with zero attached hydrogens (tertiary/aromatic N) is 1. The fraction of sp³-hybridized carbons (Fsp3) is 0.353. The van der Waals surface area contributed by atoms with E-state index in [0.29, 0.717) is 30.8 Å².